The fraction of sp³-hybridized carbons (Fsp3) is 0.368. The van der Waals surface area contributed by atoms with E-state index in [1.807, 2.05) is 0 Å². The Kier molecular flexibility index (Phi) is 36.1. The average molecular weight is 448 g/mol. The second-order valence-corrected chi connectivity index (χ2v) is 5.36. The van der Waals surface area contributed by atoms with Crippen molar-refractivity contribution in [1.29, 1.82) is 0 Å². The van der Waals surface area contributed by atoms with Crippen LogP contribution in [0.2, 0.25) is 0 Å². The van der Waals surface area contributed by atoms with Crippen LogP contribution in [0.3, 0.4) is 0 Å². The van der Waals surface area contributed by atoms with E-state index in [2.05, 4.69) is 26.3 Å². The van der Waals surface area contributed by atoms with E-state index in [4.69, 9.17) is 5.11 Å². The normalized spacial score (nSPS) is 7.45. The average Bonchev–Trinajstić information content (AvgIpc) is 2.47. The molecule has 10 heteroatoms. The van der Waals surface area contributed by atoms with Crippen LogP contribution in [0.25, 0.3) is 0 Å². The summed E-state index contributed by atoms with van der Waals surface area (Å²) in [4.78, 5) is 38.0. The van der Waals surface area contributed by atoms with E-state index < -0.39 is 23.9 Å². The quantitative estimate of drug-likeness (QED) is 0.363. The molecule has 0 aliphatic heterocycles. The zero-order valence-corrected chi connectivity index (χ0v) is 19.2. The zero-order valence-electron chi connectivity index (χ0n) is 17.6. The molecule has 0 aromatic rings. The maximum absolute atomic E-state index is 9.49. The molecule has 0 heterocycles. The molecule has 0 rings (SSSR count). The van der Waals surface area contributed by atoms with Gasteiger partial charge in [-0.1, -0.05) is 26.3 Å². The standard InChI is InChI=1S/4C4H6O2.C3H8O.Ti/c4*1-3(2)4(5)6;1-3(2)4;/h4*1H2,2H3,(H,5,6);3-4H,1-2H3;/q;;;;;+4/p-4. The summed E-state index contributed by atoms with van der Waals surface area (Å²) in [5.74, 6) is -4.74. The minimum atomic E-state index is -1.19. The van der Waals surface area contributed by atoms with E-state index in [-0.39, 0.29) is 50.1 Å². The number of aliphatic hydroxyl groups excluding tert-OH is 1. The maximum atomic E-state index is 9.49. The number of carboxylic acids is 4. The van der Waals surface area contributed by atoms with Crippen LogP contribution in [0, 0.1) is 0 Å². The van der Waals surface area contributed by atoms with Crippen molar-refractivity contribution in [2.24, 2.45) is 0 Å². The van der Waals surface area contributed by atoms with Crippen molar-refractivity contribution >= 4 is 23.9 Å². The van der Waals surface area contributed by atoms with Crippen LogP contribution in [0.1, 0.15) is 41.5 Å². The van der Waals surface area contributed by atoms with Gasteiger partial charge in [-0.05, 0) is 63.8 Å². The Labute approximate surface area is 186 Å². The first-order chi connectivity index (χ1) is 12.3. The van der Waals surface area contributed by atoms with Gasteiger partial charge in [0.2, 0.25) is 0 Å². The van der Waals surface area contributed by atoms with Crippen molar-refractivity contribution in [3.05, 3.63) is 48.6 Å². The smallest absolute Gasteiger partial charge is 0.545 e. The molecule has 29 heavy (non-hydrogen) atoms. The van der Waals surface area contributed by atoms with E-state index in [1.54, 1.807) is 13.8 Å². The van der Waals surface area contributed by atoms with Crippen LogP contribution < -0.4 is 20.4 Å². The van der Waals surface area contributed by atoms with Crippen LogP contribution in [0.15, 0.2) is 48.6 Å². The molecule has 0 spiro atoms. The molecule has 0 radical (unpaired) electrons. The summed E-state index contributed by atoms with van der Waals surface area (Å²) < 4.78 is 0. The summed E-state index contributed by atoms with van der Waals surface area (Å²) in [5.41, 5.74) is 0.259. The number of rotatable bonds is 4. The van der Waals surface area contributed by atoms with Gasteiger partial charge in [0.05, 0.1) is 23.9 Å². The predicted molar refractivity (Wildman–Crippen MR) is 96.6 cm³/mol. The molecule has 0 fully saturated rings. The SMILES string of the molecule is C=C(C)C(=O)[O-].C=C(C)C(=O)[O-].C=C(C)C(=O)[O-].C=C(C)C(=O)[O-].CC(C)O.[Ti+4]. The Hall–Kier alpha value is -2.49. The third-order valence-corrected chi connectivity index (χ3v) is 1.39. The monoisotopic (exact) mass is 448 g/mol. The Bertz CT molecular complexity index is 429. The van der Waals surface area contributed by atoms with Crippen LogP contribution >= 0.6 is 0 Å². The molecule has 0 aliphatic carbocycles. The Morgan fingerprint density at radius 1 is 0.586 bits per heavy atom. The topological polar surface area (TPSA) is 181 Å². The molecule has 0 atom stereocenters. The summed E-state index contributed by atoms with van der Waals surface area (Å²) in [7, 11) is 0. The molecule has 0 aromatic heterocycles. The summed E-state index contributed by atoms with van der Waals surface area (Å²) in [6.07, 6.45) is -0.167. The van der Waals surface area contributed by atoms with Crippen LogP contribution in [0.4, 0.5) is 0 Å². The molecular formula is C19H28O9Ti. The van der Waals surface area contributed by atoms with Gasteiger partial charge in [-0.25, -0.2) is 0 Å². The molecule has 162 valence electrons. The molecule has 9 nitrogen and oxygen atoms in total. The summed E-state index contributed by atoms with van der Waals surface area (Å²) in [5, 5.41) is 46.0. The van der Waals surface area contributed by atoms with Gasteiger partial charge >= 0.3 is 21.7 Å². The predicted octanol–water partition coefficient (Wildman–Crippen LogP) is -2.37. The van der Waals surface area contributed by atoms with E-state index >= 15 is 0 Å². The van der Waals surface area contributed by atoms with Gasteiger partial charge in [0, 0.05) is 6.10 Å². The Morgan fingerprint density at radius 2 is 0.621 bits per heavy atom. The molecule has 1 N–H and O–H groups in total. The summed E-state index contributed by atoms with van der Waals surface area (Å²) >= 11 is 0. The minimum absolute atomic E-state index is 0. The Balaban J connectivity index is -0.0000000569. The van der Waals surface area contributed by atoms with Crippen LogP contribution in [-0.2, 0) is 40.9 Å². The van der Waals surface area contributed by atoms with Gasteiger partial charge in [0.1, 0.15) is 0 Å². The van der Waals surface area contributed by atoms with Crippen LogP contribution in [0.5, 0.6) is 0 Å². The summed E-state index contributed by atoms with van der Waals surface area (Å²) in [6.45, 7) is 21.4. The molecule has 0 aromatic carbocycles. The number of carbonyl (C=O) groups is 4. The van der Waals surface area contributed by atoms with Crippen molar-refractivity contribution in [3.63, 3.8) is 0 Å². The molecule has 0 bridgehead atoms. The fourth-order valence-corrected chi connectivity index (χ4v) is 0. The number of aliphatic hydroxyl groups is 1. The van der Waals surface area contributed by atoms with E-state index in [0.717, 1.165) is 0 Å². The van der Waals surface area contributed by atoms with Gasteiger partial charge in [0.25, 0.3) is 0 Å². The van der Waals surface area contributed by atoms with E-state index in [0.29, 0.717) is 0 Å². The number of carboxylic acid groups (broad SMARTS) is 4. The van der Waals surface area contributed by atoms with Gasteiger partial charge in [-0.15, -0.1) is 0 Å². The van der Waals surface area contributed by atoms with Gasteiger partial charge in [-0.3, -0.25) is 0 Å². The second-order valence-electron chi connectivity index (χ2n) is 5.36. The number of aliphatic carboxylic acids is 4. The molecule has 0 aliphatic rings. The summed E-state index contributed by atoms with van der Waals surface area (Å²) in [6, 6.07) is 0. The Morgan fingerprint density at radius 3 is 0.621 bits per heavy atom. The van der Waals surface area contributed by atoms with E-state index in [9.17, 15) is 39.6 Å². The van der Waals surface area contributed by atoms with E-state index in [1.165, 1.54) is 27.7 Å². The van der Waals surface area contributed by atoms with Crippen LogP contribution in [-0.4, -0.2) is 35.1 Å². The first-order valence-electron chi connectivity index (χ1n) is 7.46. The first-order valence-corrected chi connectivity index (χ1v) is 7.46. The van der Waals surface area contributed by atoms with Crippen molar-refractivity contribution in [3.8, 4) is 0 Å². The van der Waals surface area contributed by atoms with Gasteiger partial charge in [0.15, 0.2) is 0 Å². The molecule has 0 saturated heterocycles. The number of hydrogen-bond donors (Lipinski definition) is 1. The third-order valence-electron chi connectivity index (χ3n) is 1.39. The third kappa shape index (κ3) is 77.2. The number of carbonyl (C=O) groups excluding carboxylic acids is 4. The molecular weight excluding hydrogens is 420 g/mol. The minimum Gasteiger partial charge on any atom is -0.545 e. The first kappa shape index (κ1) is 41.0. The molecule has 0 saturated carbocycles. The van der Waals surface area contributed by atoms with Crippen molar-refractivity contribution in [1.82, 2.24) is 0 Å². The van der Waals surface area contributed by atoms with Crippen molar-refractivity contribution in [2.75, 3.05) is 0 Å². The molecule has 0 unspecified atom stereocenters. The second kappa shape index (κ2) is 25.5. The maximum Gasteiger partial charge on any atom is 4.00 e. The van der Waals surface area contributed by atoms with Crippen molar-refractivity contribution in [2.45, 2.75) is 47.6 Å². The zero-order chi connectivity index (χ0) is 24.2. The largest absolute Gasteiger partial charge is 4.00 e. The van der Waals surface area contributed by atoms with Gasteiger partial charge in [-0.2, -0.15) is 0 Å². The number of hydrogen-bond acceptors (Lipinski definition) is 9. The van der Waals surface area contributed by atoms with Gasteiger partial charge < -0.3 is 44.7 Å². The fourth-order valence-electron chi connectivity index (χ4n) is 0. The molecule has 0 amide bonds. The van der Waals surface area contributed by atoms with Crippen molar-refractivity contribution < 1.29 is 66.4 Å².